The number of carbonyl (C=O) groups is 4. The van der Waals surface area contributed by atoms with E-state index in [0.29, 0.717) is 35.9 Å². The molecule has 0 aromatic carbocycles. The zero-order valence-electron chi connectivity index (χ0n) is 22.7. The minimum atomic E-state index is -4.94. The molecular weight excluding hydrogens is 572 g/mol. The molecule has 0 aliphatic carbocycles. The first kappa shape index (κ1) is 49.4. The largest absolute Gasteiger partial charge is 1.00 e. The summed E-state index contributed by atoms with van der Waals surface area (Å²) in [6.45, 7) is 12.8. The van der Waals surface area contributed by atoms with Crippen LogP contribution in [0.2, 0.25) is 26.2 Å². The number of carboxylic acid groups (broad SMARTS) is 1. The summed E-state index contributed by atoms with van der Waals surface area (Å²) in [5.41, 5.74) is 0. The molecule has 0 aromatic heterocycles. The molecule has 17 heteroatoms. The Balaban J connectivity index is -0.0000000814. The Morgan fingerprint density at radius 1 is 1.19 bits per heavy atom. The molecule has 1 rings (SSSR count). The summed E-state index contributed by atoms with van der Waals surface area (Å²) < 4.78 is 39.0. The SMILES string of the molecule is C=CC=O.C[N+](C)(C)C[C@H](O)CC(=O)[O-].C[Si](C)(C)C.O=C1C[C@@H](CCl)O1.O=CCCl.[Li+].[O-][Cl+3]([O-])([O-])[O-]. The standard InChI is InChI=1S/C7H15NO3.C4H5ClO2.C4H12Si.C3H4O.C2H3ClO.ClHO4.Li/c1-8(2,3)5-6(9)4-7(10)11;5-2-3-1-4(6)7-3;1-5(2,3)4;1-2-3-4;3-1-2-4;2-1(3,4)5;/h6,9H,4-5H2,1-3H3;3H,1-2H2;1-4H3;2-3H,1H2;2H,1H2;(H,2,3,4,5);/q;;;;;;+1/p-1/t6-;3-;;;;;/m10...../s1. The zero-order chi connectivity index (χ0) is 30.2. The Bertz CT molecular complexity index is 562. The number of cyclic esters (lactones) is 1. The normalized spacial score (nSPS) is 14.2. The van der Waals surface area contributed by atoms with Gasteiger partial charge in [-0.25, -0.2) is 18.6 Å². The molecule has 0 saturated carbocycles. The van der Waals surface area contributed by atoms with Gasteiger partial charge in [-0.2, -0.15) is 0 Å². The topological polar surface area (TPSA) is 213 Å². The van der Waals surface area contributed by atoms with Gasteiger partial charge in [-0.3, -0.25) is 9.59 Å². The number of aliphatic carboxylic acids is 1. The van der Waals surface area contributed by atoms with Crippen molar-refractivity contribution in [3.05, 3.63) is 12.7 Å². The first-order valence-electron chi connectivity index (χ1n) is 10.1. The van der Waals surface area contributed by atoms with Gasteiger partial charge in [0.05, 0.1) is 39.3 Å². The van der Waals surface area contributed by atoms with Crippen LogP contribution in [0.4, 0.5) is 0 Å². The predicted octanol–water partition coefficient (Wildman–Crippen LogP) is -6.27. The van der Waals surface area contributed by atoms with E-state index in [1.807, 2.05) is 21.1 Å². The minimum Gasteiger partial charge on any atom is -0.550 e. The van der Waals surface area contributed by atoms with Crippen LogP contribution in [0.1, 0.15) is 12.8 Å². The van der Waals surface area contributed by atoms with Gasteiger partial charge in [0.25, 0.3) is 0 Å². The molecule has 1 aliphatic rings. The van der Waals surface area contributed by atoms with Crippen molar-refractivity contribution in [2.75, 3.05) is 39.4 Å². The van der Waals surface area contributed by atoms with Crippen LogP contribution < -0.4 is 42.6 Å². The second-order valence-corrected chi connectivity index (χ2v) is 16.6. The van der Waals surface area contributed by atoms with Crippen LogP contribution in [0, 0.1) is 10.2 Å². The van der Waals surface area contributed by atoms with Gasteiger partial charge in [-0.15, -0.1) is 33.4 Å². The molecule has 1 heterocycles. The summed E-state index contributed by atoms with van der Waals surface area (Å²) in [5.74, 6) is -0.789. The molecule has 0 spiro atoms. The third kappa shape index (κ3) is 94.8. The molecule has 1 fully saturated rings. The first-order valence-corrected chi connectivity index (χ1v) is 16.4. The Kier molecular flexibility index (Phi) is 38.0. The van der Waals surface area contributed by atoms with Crippen LogP contribution >= 0.6 is 23.2 Å². The van der Waals surface area contributed by atoms with Crippen molar-refractivity contribution in [1.29, 1.82) is 0 Å². The van der Waals surface area contributed by atoms with E-state index in [1.54, 1.807) is 0 Å². The number of carbonyl (C=O) groups excluding carboxylic acids is 4. The fourth-order valence-electron chi connectivity index (χ4n) is 1.34. The number of aliphatic hydroxyl groups excluding tert-OH is 1. The average molecular weight is 611 g/mol. The van der Waals surface area contributed by atoms with Crippen LogP contribution in [-0.4, -0.2) is 93.8 Å². The summed E-state index contributed by atoms with van der Waals surface area (Å²) in [4.78, 5) is 38.1. The first-order chi connectivity index (χ1) is 16.0. The molecule has 0 aromatic rings. The van der Waals surface area contributed by atoms with Crippen molar-refractivity contribution in [2.45, 2.75) is 51.2 Å². The minimum absolute atomic E-state index is 0. The van der Waals surface area contributed by atoms with E-state index >= 15 is 0 Å². The van der Waals surface area contributed by atoms with Crippen LogP contribution in [0.15, 0.2) is 12.7 Å². The van der Waals surface area contributed by atoms with Crippen molar-refractivity contribution < 1.29 is 86.4 Å². The number of rotatable bonds is 7. The quantitative estimate of drug-likeness (QED) is 0.0715. The van der Waals surface area contributed by atoms with E-state index in [0.717, 1.165) is 0 Å². The Morgan fingerprint density at radius 3 is 1.59 bits per heavy atom. The number of allylic oxidation sites excluding steroid dienone is 1. The number of likely N-dealkylation sites (N-methyl/N-ethyl adjacent to an activating group) is 1. The number of ether oxygens (including phenoxy) is 1. The van der Waals surface area contributed by atoms with Gasteiger partial charge in [0.2, 0.25) is 0 Å². The van der Waals surface area contributed by atoms with Gasteiger partial charge < -0.3 is 29.0 Å². The third-order valence-corrected chi connectivity index (χ3v) is 2.65. The Morgan fingerprint density at radius 2 is 1.49 bits per heavy atom. The number of esters is 1. The van der Waals surface area contributed by atoms with E-state index in [4.69, 9.17) is 56.5 Å². The summed E-state index contributed by atoms with van der Waals surface area (Å²) in [7, 11) is 0.107. The molecule has 1 aliphatic heterocycles. The van der Waals surface area contributed by atoms with Gasteiger partial charge in [-0.05, 0) is 6.08 Å². The average Bonchev–Trinajstić information content (AvgIpc) is 2.61. The molecule has 0 amide bonds. The molecule has 1 saturated heterocycles. The fourth-order valence-corrected chi connectivity index (χ4v) is 1.51. The number of hydrogen-bond acceptors (Lipinski definition) is 11. The molecule has 2 atom stereocenters. The molecule has 1 N–H and O–H groups in total. The van der Waals surface area contributed by atoms with Gasteiger partial charge in [0, 0.05) is 20.5 Å². The van der Waals surface area contributed by atoms with Crippen LogP contribution in [0.25, 0.3) is 0 Å². The molecule has 0 bridgehead atoms. The van der Waals surface area contributed by atoms with E-state index in [1.165, 1.54) is 6.08 Å². The Hall–Kier alpha value is -0.536. The van der Waals surface area contributed by atoms with Gasteiger partial charge >= 0.3 is 24.8 Å². The van der Waals surface area contributed by atoms with E-state index < -0.39 is 30.4 Å². The maximum absolute atomic E-state index is 10.0. The number of alkyl halides is 2. The summed E-state index contributed by atoms with van der Waals surface area (Å²) in [6.07, 6.45) is 1.90. The summed E-state index contributed by atoms with van der Waals surface area (Å²) in [5, 5.41) is 19.1. The molecule has 0 radical (unpaired) electrons. The van der Waals surface area contributed by atoms with Crippen molar-refractivity contribution in [3.8, 4) is 0 Å². The van der Waals surface area contributed by atoms with Crippen LogP contribution in [0.3, 0.4) is 0 Å². The molecule has 216 valence electrons. The number of nitrogens with zero attached hydrogens (tertiary/aromatic N) is 1. The van der Waals surface area contributed by atoms with Crippen molar-refractivity contribution in [3.63, 3.8) is 0 Å². The smallest absolute Gasteiger partial charge is 0.550 e. The molecule has 0 unspecified atom stereocenters. The van der Waals surface area contributed by atoms with Gasteiger partial charge in [-0.1, -0.05) is 32.8 Å². The van der Waals surface area contributed by atoms with E-state index in [9.17, 15) is 14.7 Å². The number of quaternary nitrogens is 1. The fraction of sp³-hybridized carbons (Fsp3) is 0.700. The van der Waals surface area contributed by atoms with Gasteiger partial charge in [0.1, 0.15) is 31.3 Å². The number of aliphatic hydroxyl groups is 1. The van der Waals surface area contributed by atoms with E-state index in [-0.39, 0.29) is 43.2 Å². The van der Waals surface area contributed by atoms with Crippen molar-refractivity contribution >= 4 is 55.8 Å². The second kappa shape index (κ2) is 28.5. The number of aldehydes is 2. The second-order valence-electron chi connectivity index (χ2n) is 9.24. The monoisotopic (exact) mass is 609 g/mol. The number of hydrogen-bond donors (Lipinski definition) is 1. The van der Waals surface area contributed by atoms with Crippen molar-refractivity contribution in [2.24, 2.45) is 0 Å². The molecule has 37 heavy (non-hydrogen) atoms. The van der Waals surface area contributed by atoms with Crippen LogP contribution in [-0.2, 0) is 23.9 Å². The van der Waals surface area contributed by atoms with E-state index in [2.05, 4.69) is 37.5 Å². The molecule has 12 nitrogen and oxygen atoms in total. The summed E-state index contributed by atoms with van der Waals surface area (Å²) in [6, 6.07) is 0. The Labute approximate surface area is 244 Å². The van der Waals surface area contributed by atoms with Crippen LogP contribution in [0.5, 0.6) is 0 Å². The van der Waals surface area contributed by atoms with Gasteiger partial charge in [0.15, 0.2) is 0 Å². The predicted molar refractivity (Wildman–Crippen MR) is 126 cm³/mol. The maximum atomic E-state index is 10.0. The number of carboxylic acids is 1. The molecular formula is C20H39Cl3LiNO11Si. The zero-order valence-corrected chi connectivity index (χ0v) is 26.0. The summed E-state index contributed by atoms with van der Waals surface area (Å²) >= 11 is 10.1. The third-order valence-electron chi connectivity index (χ3n) is 2.18. The number of halogens is 3. The van der Waals surface area contributed by atoms with Crippen molar-refractivity contribution in [1.82, 2.24) is 0 Å². The maximum Gasteiger partial charge on any atom is 1.00 e.